The number of benzene rings is 1. The van der Waals surface area contributed by atoms with Crippen molar-refractivity contribution in [2.75, 3.05) is 14.2 Å². The summed E-state index contributed by atoms with van der Waals surface area (Å²) in [6.45, 7) is 0. The van der Waals surface area contributed by atoms with Gasteiger partial charge in [-0.2, -0.15) is 0 Å². The normalized spacial score (nSPS) is 11.9. The fourth-order valence-electron chi connectivity index (χ4n) is 1.28. The minimum absolute atomic E-state index is 0.0552. The third-order valence-corrected chi connectivity index (χ3v) is 2.14. The van der Waals surface area contributed by atoms with E-state index in [-0.39, 0.29) is 6.07 Å². The van der Waals surface area contributed by atoms with Gasteiger partial charge in [0, 0.05) is 6.07 Å². The Hall–Kier alpha value is -2.25. The van der Waals surface area contributed by atoms with Crippen LogP contribution in [0.4, 0.5) is 17.6 Å². The van der Waals surface area contributed by atoms with Crippen LogP contribution in [0.25, 0.3) is 5.57 Å². The number of hydrogen-bond acceptors (Lipinski definition) is 4. The van der Waals surface area contributed by atoms with Gasteiger partial charge in [0.05, 0.1) is 24.2 Å². The molecule has 0 aromatic heterocycles. The Morgan fingerprint density at radius 3 is 1.89 bits per heavy atom. The average molecular weight is 279 g/mol. The van der Waals surface area contributed by atoms with E-state index in [0.29, 0.717) is 0 Å². The Morgan fingerprint density at radius 2 is 1.53 bits per heavy atom. The van der Waals surface area contributed by atoms with Crippen LogP contribution in [0.15, 0.2) is 12.0 Å². The summed E-state index contributed by atoms with van der Waals surface area (Å²) in [4.78, 5) is 11.3. The highest BCUT2D eigenvalue weighted by molar-refractivity contribution is 6.16. The van der Waals surface area contributed by atoms with Crippen molar-refractivity contribution in [1.29, 1.82) is 0 Å². The minimum Gasteiger partial charge on any atom is -0.616 e. The lowest BCUT2D eigenvalue weighted by molar-refractivity contribution is -0.351. The molecule has 0 heterocycles. The van der Waals surface area contributed by atoms with E-state index >= 15 is 0 Å². The molecule has 8 heteroatoms. The molecule has 19 heavy (non-hydrogen) atoms. The van der Waals surface area contributed by atoms with Gasteiger partial charge in [-0.15, -0.1) is 0 Å². The van der Waals surface area contributed by atoms with Gasteiger partial charge in [-0.3, -0.25) is 0 Å². The highest BCUT2D eigenvalue weighted by atomic mass is 19.2. The maximum atomic E-state index is 13.5. The Kier molecular flexibility index (Phi) is 4.36. The van der Waals surface area contributed by atoms with Crippen LogP contribution in [-0.4, -0.2) is 20.2 Å². The van der Waals surface area contributed by atoms with Crippen LogP contribution in [0.5, 0.6) is 0 Å². The van der Waals surface area contributed by atoms with Crippen molar-refractivity contribution >= 4 is 11.5 Å². The second-order valence-corrected chi connectivity index (χ2v) is 3.20. The van der Waals surface area contributed by atoms with E-state index in [9.17, 15) is 27.5 Å². The second-order valence-electron chi connectivity index (χ2n) is 3.20. The molecule has 0 fully saturated rings. The van der Waals surface area contributed by atoms with Crippen LogP contribution in [0, 0.1) is 23.3 Å². The zero-order valence-corrected chi connectivity index (χ0v) is 9.72. The summed E-state index contributed by atoms with van der Waals surface area (Å²) in [6.07, 6.45) is 0. The molecule has 0 radical (unpaired) electrons. The van der Waals surface area contributed by atoms with Gasteiger partial charge in [-0.05, 0) is 7.11 Å². The van der Waals surface area contributed by atoms with Gasteiger partial charge in [-0.25, -0.2) is 22.4 Å². The number of carbonyl (C=O) groups excluding carboxylic acids is 1. The highest BCUT2D eigenvalue weighted by Gasteiger charge is 2.27. The fourth-order valence-corrected chi connectivity index (χ4v) is 1.28. The molecular weight excluding hydrogens is 272 g/mol. The molecule has 4 nitrogen and oxygen atoms in total. The SMILES string of the molecule is COC(=O)/C(=C(\[O-])OC)c1c(F)c(F)cc(F)c1F. The number of carbonyl (C=O) groups is 1. The molecule has 0 saturated heterocycles. The van der Waals surface area contributed by atoms with Crippen LogP contribution in [0.2, 0.25) is 0 Å². The maximum Gasteiger partial charge on any atom is 0.340 e. The largest absolute Gasteiger partial charge is 0.616 e. The van der Waals surface area contributed by atoms with Crippen LogP contribution in [0.1, 0.15) is 5.56 Å². The number of hydrogen-bond donors (Lipinski definition) is 0. The molecule has 1 aromatic carbocycles. The van der Waals surface area contributed by atoms with Gasteiger partial charge in [-0.1, -0.05) is 0 Å². The maximum absolute atomic E-state index is 13.5. The molecular formula is C11H7F4O4-. The summed E-state index contributed by atoms with van der Waals surface area (Å²) in [7, 11) is 1.63. The van der Waals surface area contributed by atoms with E-state index in [1.807, 2.05) is 0 Å². The van der Waals surface area contributed by atoms with E-state index in [1.165, 1.54) is 0 Å². The monoisotopic (exact) mass is 279 g/mol. The Labute approximate surface area is 104 Å². The predicted molar refractivity (Wildman–Crippen MR) is 52.2 cm³/mol. The lowest BCUT2D eigenvalue weighted by Crippen LogP contribution is -2.18. The first kappa shape index (κ1) is 14.8. The van der Waals surface area contributed by atoms with Crippen LogP contribution < -0.4 is 5.11 Å². The first-order valence-corrected chi connectivity index (χ1v) is 4.72. The summed E-state index contributed by atoms with van der Waals surface area (Å²) in [6, 6.07) is -0.0552. The molecule has 104 valence electrons. The lowest BCUT2D eigenvalue weighted by Gasteiger charge is -2.16. The lowest BCUT2D eigenvalue weighted by atomic mass is 10.0. The van der Waals surface area contributed by atoms with Crippen molar-refractivity contribution in [3.63, 3.8) is 0 Å². The van der Waals surface area contributed by atoms with Gasteiger partial charge in [0.1, 0.15) is 0 Å². The van der Waals surface area contributed by atoms with Crippen LogP contribution in [0.3, 0.4) is 0 Å². The standard InChI is InChI=1S/C11H8F4O4/c1-18-10(16)7(11(17)19-2)6-8(14)4(12)3-5(13)9(6)15/h3,16H,1-2H3/p-1/b10-7+. The second kappa shape index (κ2) is 5.59. The summed E-state index contributed by atoms with van der Waals surface area (Å²) in [5, 5.41) is 11.3. The smallest absolute Gasteiger partial charge is 0.340 e. The molecule has 1 aromatic rings. The highest BCUT2D eigenvalue weighted by Crippen LogP contribution is 2.28. The Morgan fingerprint density at radius 1 is 1.05 bits per heavy atom. The summed E-state index contributed by atoms with van der Waals surface area (Å²) in [5.41, 5.74) is -2.76. The number of methoxy groups -OCH3 is 2. The topological polar surface area (TPSA) is 58.6 Å². The Bertz CT molecular complexity index is 528. The van der Waals surface area contributed by atoms with Crippen molar-refractivity contribution in [3.8, 4) is 0 Å². The quantitative estimate of drug-likeness (QED) is 0.273. The number of esters is 1. The molecule has 0 aliphatic rings. The third-order valence-electron chi connectivity index (χ3n) is 2.14. The molecule has 0 aliphatic heterocycles. The first-order chi connectivity index (χ1) is 8.84. The number of ether oxygens (including phenoxy) is 2. The fraction of sp³-hybridized carbons (Fsp3) is 0.182. The summed E-state index contributed by atoms with van der Waals surface area (Å²) >= 11 is 0. The van der Waals surface area contributed by atoms with Gasteiger partial charge in [0.25, 0.3) is 0 Å². The van der Waals surface area contributed by atoms with Crippen LogP contribution >= 0.6 is 0 Å². The molecule has 0 bridgehead atoms. The van der Waals surface area contributed by atoms with Gasteiger partial charge in [0.15, 0.2) is 23.3 Å². The van der Waals surface area contributed by atoms with Crippen molar-refractivity contribution < 1.29 is 36.9 Å². The van der Waals surface area contributed by atoms with Crippen molar-refractivity contribution in [2.24, 2.45) is 0 Å². The van der Waals surface area contributed by atoms with E-state index in [0.717, 1.165) is 14.2 Å². The molecule has 1 rings (SSSR count). The molecule has 0 saturated carbocycles. The number of rotatable bonds is 3. The molecule has 0 amide bonds. The molecule has 0 aliphatic carbocycles. The summed E-state index contributed by atoms with van der Waals surface area (Å²) in [5.74, 6) is -10.3. The van der Waals surface area contributed by atoms with Gasteiger partial charge >= 0.3 is 5.97 Å². The third kappa shape index (κ3) is 2.61. The molecule has 0 N–H and O–H groups in total. The van der Waals surface area contributed by atoms with Gasteiger partial charge < -0.3 is 14.6 Å². The van der Waals surface area contributed by atoms with Gasteiger partial charge in [0.2, 0.25) is 0 Å². The molecule has 0 unspecified atom stereocenters. The zero-order chi connectivity index (χ0) is 14.7. The predicted octanol–water partition coefficient (Wildman–Crippen LogP) is 1.09. The minimum atomic E-state index is -1.90. The summed E-state index contributed by atoms with van der Waals surface area (Å²) < 4.78 is 61.2. The first-order valence-electron chi connectivity index (χ1n) is 4.72. The van der Waals surface area contributed by atoms with Crippen molar-refractivity contribution in [3.05, 3.63) is 40.8 Å². The van der Waals surface area contributed by atoms with E-state index in [2.05, 4.69) is 9.47 Å². The van der Waals surface area contributed by atoms with E-state index < -0.39 is 46.3 Å². The molecule has 0 spiro atoms. The van der Waals surface area contributed by atoms with Crippen LogP contribution in [-0.2, 0) is 14.3 Å². The van der Waals surface area contributed by atoms with E-state index in [1.54, 1.807) is 0 Å². The van der Waals surface area contributed by atoms with Crippen molar-refractivity contribution in [2.45, 2.75) is 0 Å². The van der Waals surface area contributed by atoms with Crippen molar-refractivity contribution in [1.82, 2.24) is 0 Å². The zero-order valence-electron chi connectivity index (χ0n) is 9.72. The Balaban J connectivity index is 3.71. The van der Waals surface area contributed by atoms with E-state index in [4.69, 9.17) is 0 Å². The average Bonchev–Trinajstić information content (AvgIpc) is 2.39. The molecule has 0 atom stereocenters. The number of halogens is 4.